The van der Waals surface area contributed by atoms with Crippen molar-refractivity contribution in [1.29, 1.82) is 0 Å². The summed E-state index contributed by atoms with van der Waals surface area (Å²) in [7, 11) is 4.04. The third-order valence-electron chi connectivity index (χ3n) is 4.53. The van der Waals surface area contributed by atoms with Crippen LogP contribution < -0.4 is 10.6 Å². The number of hydrogen-bond acceptors (Lipinski definition) is 3. The van der Waals surface area contributed by atoms with Gasteiger partial charge in [0.25, 0.3) is 0 Å². The van der Waals surface area contributed by atoms with Gasteiger partial charge < -0.3 is 15.5 Å². The Labute approximate surface area is 161 Å². The molecule has 0 bridgehead atoms. The monoisotopic (exact) mass is 367 g/mol. The molecule has 0 aliphatic heterocycles. The molecule has 0 spiro atoms. The van der Waals surface area contributed by atoms with Crippen LogP contribution in [0.4, 0.5) is 5.69 Å². The summed E-state index contributed by atoms with van der Waals surface area (Å²) in [4.78, 5) is 25.5. The quantitative estimate of drug-likeness (QED) is 0.753. The molecule has 2 rings (SSSR count). The van der Waals surface area contributed by atoms with Gasteiger partial charge in [-0.1, -0.05) is 43.3 Å². The first-order valence-electron chi connectivity index (χ1n) is 9.27. The van der Waals surface area contributed by atoms with E-state index in [0.29, 0.717) is 13.0 Å². The maximum Gasteiger partial charge on any atom is 0.224 e. The molecular formula is C22H29N3O2. The lowest BCUT2D eigenvalue weighted by Crippen LogP contribution is -2.35. The Morgan fingerprint density at radius 1 is 0.963 bits per heavy atom. The summed E-state index contributed by atoms with van der Waals surface area (Å²) < 4.78 is 0. The molecular weight excluding hydrogens is 338 g/mol. The number of anilines is 1. The Hall–Kier alpha value is -2.66. The average Bonchev–Trinajstić information content (AvgIpc) is 2.63. The van der Waals surface area contributed by atoms with Gasteiger partial charge in [-0.25, -0.2) is 0 Å². The average molecular weight is 367 g/mol. The van der Waals surface area contributed by atoms with E-state index < -0.39 is 0 Å². The van der Waals surface area contributed by atoms with E-state index >= 15 is 0 Å². The summed E-state index contributed by atoms with van der Waals surface area (Å²) in [5, 5.41) is 5.76. The van der Waals surface area contributed by atoms with Gasteiger partial charge in [0.15, 0.2) is 0 Å². The van der Waals surface area contributed by atoms with Crippen LogP contribution in [0.15, 0.2) is 48.5 Å². The molecule has 2 aromatic rings. The highest BCUT2D eigenvalue weighted by molar-refractivity contribution is 5.88. The van der Waals surface area contributed by atoms with Crippen molar-refractivity contribution in [1.82, 2.24) is 10.2 Å². The molecule has 144 valence electrons. The second-order valence-electron chi connectivity index (χ2n) is 6.93. The van der Waals surface area contributed by atoms with Crippen molar-refractivity contribution in [2.24, 2.45) is 0 Å². The highest BCUT2D eigenvalue weighted by atomic mass is 16.2. The Kier molecular flexibility index (Phi) is 7.55. The van der Waals surface area contributed by atoms with Crippen molar-refractivity contribution in [3.63, 3.8) is 0 Å². The van der Waals surface area contributed by atoms with E-state index in [1.54, 1.807) is 0 Å². The van der Waals surface area contributed by atoms with Crippen LogP contribution in [0, 0.1) is 0 Å². The molecule has 2 amide bonds. The van der Waals surface area contributed by atoms with Crippen molar-refractivity contribution in [2.45, 2.75) is 32.7 Å². The fraction of sp³-hybridized carbons (Fsp3) is 0.364. The van der Waals surface area contributed by atoms with Crippen LogP contribution in [0.5, 0.6) is 0 Å². The minimum atomic E-state index is -0.109. The molecule has 0 fully saturated rings. The smallest absolute Gasteiger partial charge is 0.224 e. The van der Waals surface area contributed by atoms with Gasteiger partial charge in [-0.15, -0.1) is 0 Å². The molecule has 27 heavy (non-hydrogen) atoms. The molecule has 1 unspecified atom stereocenters. The minimum Gasteiger partial charge on any atom is -0.354 e. The summed E-state index contributed by atoms with van der Waals surface area (Å²) in [6.45, 7) is 4.17. The van der Waals surface area contributed by atoms with Crippen molar-refractivity contribution in [3.8, 4) is 0 Å². The number of hydrogen-bond donors (Lipinski definition) is 2. The standard InChI is InChI=1S/C22H29N3O2/c1-5-17-6-10-19(11-7-17)21(25(3)4)15-23-22(27)14-18-8-12-20(13-9-18)24-16(2)26/h6-13,21H,5,14-15H2,1-4H3,(H,23,27)(H,24,26). The van der Waals surface area contributed by atoms with Crippen LogP contribution in [-0.2, 0) is 22.4 Å². The van der Waals surface area contributed by atoms with Gasteiger partial charge in [-0.3, -0.25) is 9.59 Å². The van der Waals surface area contributed by atoms with Crippen LogP contribution in [0.1, 0.15) is 36.6 Å². The van der Waals surface area contributed by atoms with Gasteiger partial charge in [-0.05, 0) is 49.3 Å². The van der Waals surface area contributed by atoms with E-state index in [1.807, 2.05) is 38.4 Å². The summed E-state index contributed by atoms with van der Waals surface area (Å²) in [6, 6.07) is 16.0. The van der Waals surface area contributed by atoms with Crippen LogP contribution in [0.3, 0.4) is 0 Å². The number of likely N-dealkylation sites (N-methyl/N-ethyl adjacent to an activating group) is 1. The van der Waals surface area contributed by atoms with E-state index in [4.69, 9.17) is 0 Å². The molecule has 0 aliphatic carbocycles. The van der Waals surface area contributed by atoms with Gasteiger partial charge >= 0.3 is 0 Å². The highest BCUT2D eigenvalue weighted by Crippen LogP contribution is 2.18. The van der Waals surface area contributed by atoms with Crippen molar-refractivity contribution in [2.75, 3.05) is 26.0 Å². The molecule has 0 saturated heterocycles. The van der Waals surface area contributed by atoms with Gasteiger partial charge in [0, 0.05) is 19.2 Å². The Bertz CT molecular complexity index is 752. The normalized spacial score (nSPS) is 11.9. The predicted molar refractivity (Wildman–Crippen MR) is 110 cm³/mol. The van der Waals surface area contributed by atoms with Crippen molar-refractivity contribution < 1.29 is 9.59 Å². The number of carbonyl (C=O) groups excluding carboxylic acids is 2. The zero-order chi connectivity index (χ0) is 19.8. The lowest BCUT2D eigenvalue weighted by molar-refractivity contribution is -0.120. The second kappa shape index (κ2) is 9.88. The van der Waals surface area contributed by atoms with E-state index in [1.165, 1.54) is 18.1 Å². The van der Waals surface area contributed by atoms with E-state index in [0.717, 1.165) is 17.7 Å². The fourth-order valence-corrected chi connectivity index (χ4v) is 2.94. The lowest BCUT2D eigenvalue weighted by Gasteiger charge is -2.25. The zero-order valence-corrected chi connectivity index (χ0v) is 16.6. The molecule has 0 aromatic heterocycles. The van der Waals surface area contributed by atoms with Gasteiger partial charge in [0.05, 0.1) is 12.5 Å². The van der Waals surface area contributed by atoms with Crippen LogP contribution in [0.25, 0.3) is 0 Å². The number of nitrogens with zero attached hydrogens (tertiary/aromatic N) is 1. The third kappa shape index (κ3) is 6.53. The Morgan fingerprint density at radius 3 is 2.07 bits per heavy atom. The first kappa shape index (κ1) is 20.6. The first-order valence-corrected chi connectivity index (χ1v) is 9.27. The van der Waals surface area contributed by atoms with Gasteiger partial charge in [0.1, 0.15) is 0 Å². The van der Waals surface area contributed by atoms with E-state index in [9.17, 15) is 9.59 Å². The lowest BCUT2D eigenvalue weighted by atomic mass is 10.0. The highest BCUT2D eigenvalue weighted by Gasteiger charge is 2.15. The molecule has 0 aliphatic rings. The number of carbonyl (C=O) groups is 2. The summed E-state index contributed by atoms with van der Waals surface area (Å²) >= 11 is 0. The van der Waals surface area contributed by atoms with Crippen LogP contribution in [-0.4, -0.2) is 37.4 Å². The number of benzene rings is 2. The maximum absolute atomic E-state index is 12.3. The van der Waals surface area contributed by atoms with Crippen LogP contribution in [0.2, 0.25) is 0 Å². The number of aryl methyl sites for hydroxylation is 1. The molecule has 1 atom stereocenters. The van der Waals surface area contributed by atoms with Gasteiger partial charge in [0.2, 0.25) is 11.8 Å². The SMILES string of the molecule is CCc1ccc(C(CNC(=O)Cc2ccc(NC(C)=O)cc2)N(C)C)cc1. The molecule has 2 N–H and O–H groups in total. The topological polar surface area (TPSA) is 61.4 Å². The van der Waals surface area contributed by atoms with E-state index in [2.05, 4.69) is 46.7 Å². The Balaban J connectivity index is 1.92. The van der Waals surface area contributed by atoms with E-state index in [-0.39, 0.29) is 17.9 Å². The van der Waals surface area contributed by atoms with Crippen molar-refractivity contribution in [3.05, 3.63) is 65.2 Å². The minimum absolute atomic E-state index is 0.0145. The molecule has 2 aromatic carbocycles. The Morgan fingerprint density at radius 2 is 1.56 bits per heavy atom. The largest absolute Gasteiger partial charge is 0.354 e. The summed E-state index contributed by atoms with van der Waals surface area (Å²) in [5.41, 5.74) is 4.14. The zero-order valence-electron chi connectivity index (χ0n) is 16.6. The first-order chi connectivity index (χ1) is 12.9. The molecule has 0 radical (unpaired) electrons. The number of amides is 2. The molecule has 0 saturated carbocycles. The van der Waals surface area contributed by atoms with Gasteiger partial charge in [-0.2, -0.15) is 0 Å². The number of rotatable bonds is 8. The predicted octanol–water partition coefficient (Wildman–Crippen LogP) is 3.17. The summed E-state index contributed by atoms with van der Waals surface area (Å²) in [5.74, 6) is -0.124. The summed E-state index contributed by atoms with van der Waals surface area (Å²) in [6.07, 6.45) is 1.33. The molecule has 0 heterocycles. The van der Waals surface area contributed by atoms with Crippen LogP contribution >= 0.6 is 0 Å². The number of nitrogens with one attached hydrogen (secondary N) is 2. The third-order valence-corrected chi connectivity index (χ3v) is 4.53. The fourth-order valence-electron chi connectivity index (χ4n) is 2.94. The maximum atomic E-state index is 12.3. The van der Waals surface area contributed by atoms with Crippen molar-refractivity contribution >= 4 is 17.5 Å². The second-order valence-corrected chi connectivity index (χ2v) is 6.93. The molecule has 5 heteroatoms. The molecule has 5 nitrogen and oxygen atoms in total.